The van der Waals surface area contributed by atoms with Crippen LogP contribution >= 0.6 is 22.7 Å². The first-order valence-electron chi connectivity index (χ1n) is 16.9. The summed E-state index contributed by atoms with van der Waals surface area (Å²) in [5.74, 6) is -1.21. The average Bonchev–Trinajstić information content (AvgIpc) is 3.93. The molecule has 2 aliphatic carbocycles. The summed E-state index contributed by atoms with van der Waals surface area (Å²) in [5.41, 5.74) is 14.2. The van der Waals surface area contributed by atoms with E-state index in [2.05, 4.69) is 115 Å². The third-order valence-corrected chi connectivity index (χ3v) is 12.8. The predicted octanol–water partition coefficient (Wildman–Crippen LogP) is 11.5. The molecule has 0 unspecified atom stereocenters. The highest BCUT2D eigenvalue weighted by Crippen LogP contribution is 2.51. The number of thiophene rings is 2. The van der Waals surface area contributed by atoms with Gasteiger partial charge in [-0.3, -0.25) is 0 Å². The van der Waals surface area contributed by atoms with Crippen LogP contribution in [0.1, 0.15) is 47.4 Å². The molecule has 0 fully saturated rings. The van der Waals surface area contributed by atoms with Gasteiger partial charge in [-0.25, -0.2) is 4.79 Å². The Labute approximate surface area is 298 Å². The van der Waals surface area contributed by atoms with Crippen molar-refractivity contribution in [1.82, 2.24) is 4.57 Å². The normalized spacial score (nSPS) is 14.4. The lowest BCUT2D eigenvalue weighted by molar-refractivity contribution is -0.132. The van der Waals surface area contributed by atoms with Crippen LogP contribution in [0.15, 0.2) is 115 Å². The van der Waals surface area contributed by atoms with Gasteiger partial charge in [-0.1, -0.05) is 80.6 Å². The second-order valence-electron chi connectivity index (χ2n) is 13.6. The van der Waals surface area contributed by atoms with Gasteiger partial charge in [0.05, 0.1) is 11.2 Å². The van der Waals surface area contributed by atoms with E-state index < -0.39 is 5.97 Å². The van der Waals surface area contributed by atoms with Crippen LogP contribution in [-0.2, 0) is 23.1 Å². The van der Waals surface area contributed by atoms with E-state index in [1.165, 1.54) is 89.1 Å². The molecular formula is C44H32N2O2S2. The zero-order chi connectivity index (χ0) is 34.1. The number of aliphatic carboxylic acids is 1. The van der Waals surface area contributed by atoms with Crippen molar-refractivity contribution >= 4 is 45.6 Å². The Kier molecular flexibility index (Phi) is 7.06. The van der Waals surface area contributed by atoms with Crippen molar-refractivity contribution in [1.29, 1.82) is 5.26 Å². The fourth-order valence-electron chi connectivity index (χ4n) is 8.17. The third-order valence-electron chi connectivity index (χ3n) is 10.4. The Bertz CT molecular complexity index is 2590. The number of carboxylic acid groups (broad SMARTS) is 1. The second-order valence-corrected chi connectivity index (χ2v) is 15.8. The highest BCUT2D eigenvalue weighted by Gasteiger charge is 2.36. The zero-order valence-electron chi connectivity index (χ0n) is 27.7. The first-order chi connectivity index (χ1) is 24.3. The van der Waals surface area contributed by atoms with Gasteiger partial charge in [0.15, 0.2) is 0 Å². The largest absolute Gasteiger partial charge is 0.477 e. The van der Waals surface area contributed by atoms with Crippen molar-refractivity contribution in [2.24, 2.45) is 0 Å². The minimum Gasteiger partial charge on any atom is -0.477 e. The number of carbonyl (C=O) groups is 1. The fraction of sp³-hybridized carbons (Fsp3) is 0.136. The molecule has 0 spiro atoms. The molecule has 9 rings (SSSR count). The molecule has 3 aromatic heterocycles. The van der Waals surface area contributed by atoms with E-state index in [9.17, 15) is 15.2 Å². The Morgan fingerprint density at radius 2 is 1.48 bits per heavy atom. The quantitative estimate of drug-likeness (QED) is 0.140. The molecule has 2 aliphatic rings. The first kappa shape index (κ1) is 30.6. The minimum atomic E-state index is -1.21. The topological polar surface area (TPSA) is 66.0 Å². The summed E-state index contributed by atoms with van der Waals surface area (Å²) in [7, 11) is 0. The maximum atomic E-state index is 11.4. The fourth-order valence-corrected chi connectivity index (χ4v) is 10.3. The Hall–Kier alpha value is -5.48. The SMILES string of the molecule is CC1(C)c2ccccc2-c2ccc(-n3c(-c4ccccc4)c4c5c(c(-c6ccc(-c7ccc(/C=C(\C#N)C(=O)O)s7)s6)ccc53)CCC4)cc21. The first-order valence-corrected chi connectivity index (χ1v) is 18.5. The summed E-state index contributed by atoms with van der Waals surface area (Å²) in [6.07, 6.45) is 4.60. The molecule has 50 heavy (non-hydrogen) atoms. The molecule has 4 nitrogen and oxygen atoms in total. The number of nitrogens with zero attached hydrogens (tertiary/aromatic N) is 2. The molecule has 3 heterocycles. The highest BCUT2D eigenvalue weighted by molar-refractivity contribution is 7.24. The number of fused-ring (bicyclic) bond motifs is 3. The summed E-state index contributed by atoms with van der Waals surface area (Å²) in [6, 6.07) is 41.5. The number of hydrogen-bond donors (Lipinski definition) is 1. The highest BCUT2D eigenvalue weighted by atomic mass is 32.1. The van der Waals surface area contributed by atoms with Crippen molar-refractivity contribution in [2.75, 3.05) is 0 Å². The van der Waals surface area contributed by atoms with Gasteiger partial charge in [0, 0.05) is 36.0 Å². The van der Waals surface area contributed by atoms with Gasteiger partial charge in [0.1, 0.15) is 11.6 Å². The Morgan fingerprint density at radius 3 is 2.30 bits per heavy atom. The molecule has 0 bridgehead atoms. The van der Waals surface area contributed by atoms with Gasteiger partial charge < -0.3 is 9.67 Å². The van der Waals surface area contributed by atoms with Gasteiger partial charge in [-0.2, -0.15) is 5.26 Å². The lowest BCUT2D eigenvalue weighted by Crippen LogP contribution is -2.15. The molecule has 1 N–H and O–H groups in total. The van der Waals surface area contributed by atoms with Gasteiger partial charge in [0.25, 0.3) is 0 Å². The lowest BCUT2D eigenvalue weighted by Gasteiger charge is -2.22. The van der Waals surface area contributed by atoms with Crippen molar-refractivity contribution in [2.45, 2.75) is 38.5 Å². The Balaban J connectivity index is 1.20. The van der Waals surface area contributed by atoms with Crippen LogP contribution < -0.4 is 0 Å². The van der Waals surface area contributed by atoms with E-state index >= 15 is 0 Å². The van der Waals surface area contributed by atoms with Gasteiger partial charge in [-0.15, -0.1) is 22.7 Å². The van der Waals surface area contributed by atoms with Crippen molar-refractivity contribution in [3.8, 4) is 54.3 Å². The summed E-state index contributed by atoms with van der Waals surface area (Å²) >= 11 is 3.27. The molecule has 0 aliphatic heterocycles. The number of carboxylic acids is 1. The molecule has 4 aromatic carbocycles. The molecule has 0 saturated carbocycles. The number of benzene rings is 4. The minimum absolute atomic E-state index is 0.0856. The molecule has 6 heteroatoms. The molecule has 0 radical (unpaired) electrons. The number of aromatic nitrogens is 1. The number of hydrogen-bond acceptors (Lipinski definition) is 4. The van der Waals surface area contributed by atoms with E-state index in [0.29, 0.717) is 0 Å². The summed E-state index contributed by atoms with van der Waals surface area (Å²) in [5, 5.41) is 19.9. The molecular weight excluding hydrogens is 653 g/mol. The number of rotatable bonds is 6. The van der Waals surface area contributed by atoms with Crippen LogP contribution in [0.2, 0.25) is 0 Å². The molecule has 7 aromatic rings. The van der Waals surface area contributed by atoms with E-state index in [1.54, 1.807) is 17.4 Å². The van der Waals surface area contributed by atoms with Gasteiger partial charge >= 0.3 is 5.97 Å². The van der Waals surface area contributed by atoms with Crippen LogP contribution in [0.5, 0.6) is 0 Å². The van der Waals surface area contributed by atoms with Gasteiger partial charge in [-0.05, 0) is 112 Å². The monoisotopic (exact) mass is 684 g/mol. The van der Waals surface area contributed by atoms with E-state index in [4.69, 9.17) is 0 Å². The van der Waals surface area contributed by atoms with E-state index in [1.807, 2.05) is 12.1 Å². The third kappa shape index (κ3) is 4.65. The van der Waals surface area contributed by atoms with Crippen molar-refractivity contribution < 1.29 is 9.90 Å². The van der Waals surface area contributed by atoms with Crippen LogP contribution in [0.25, 0.3) is 65.2 Å². The summed E-state index contributed by atoms with van der Waals surface area (Å²) in [6.45, 7) is 4.69. The van der Waals surface area contributed by atoms with E-state index in [0.717, 1.165) is 33.9 Å². The smallest absolute Gasteiger partial charge is 0.346 e. The molecule has 0 atom stereocenters. The maximum Gasteiger partial charge on any atom is 0.346 e. The summed E-state index contributed by atoms with van der Waals surface area (Å²) in [4.78, 5) is 15.5. The standard InChI is InChI=1S/C44H32N2O2S2/c1-44(2)35-14-7-6-11-30(35)31-17-15-28(24-36(31)44)46-37-19-18-32(33-12-8-13-34(41(33)37)42(46)26-9-4-3-5-10-26)38-21-22-40(50-38)39-20-16-29(49-39)23-27(25-45)43(47)48/h3-7,9-11,14-24H,8,12-13H2,1-2H3,(H,47,48)/b27-23+. The van der Waals surface area contributed by atoms with Crippen molar-refractivity contribution in [3.63, 3.8) is 0 Å². The average molecular weight is 685 g/mol. The lowest BCUT2D eigenvalue weighted by atomic mass is 9.82. The van der Waals surface area contributed by atoms with E-state index in [-0.39, 0.29) is 11.0 Å². The maximum absolute atomic E-state index is 11.4. The van der Waals surface area contributed by atoms with Crippen LogP contribution in [0, 0.1) is 11.3 Å². The Morgan fingerprint density at radius 1 is 0.780 bits per heavy atom. The second kappa shape index (κ2) is 11.6. The molecule has 0 saturated heterocycles. The van der Waals surface area contributed by atoms with Gasteiger partial charge in [0.2, 0.25) is 0 Å². The number of nitriles is 1. The predicted molar refractivity (Wildman–Crippen MR) is 206 cm³/mol. The van der Waals surface area contributed by atoms with Crippen LogP contribution in [0.3, 0.4) is 0 Å². The zero-order valence-corrected chi connectivity index (χ0v) is 29.3. The molecule has 242 valence electrons. The van der Waals surface area contributed by atoms with Crippen LogP contribution in [-0.4, -0.2) is 15.6 Å². The number of aryl methyl sites for hydroxylation is 2. The van der Waals surface area contributed by atoms with Crippen molar-refractivity contribution in [3.05, 3.63) is 142 Å². The molecule has 0 amide bonds. The van der Waals surface area contributed by atoms with Crippen LogP contribution in [0.4, 0.5) is 0 Å². The summed E-state index contributed by atoms with van der Waals surface area (Å²) < 4.78 is 2.52.